The minimum Gasteiger partial charge on any atom is -0.395 e. The van der Waals surface area contributed by atoms with E-state index in [-0.39, 0.29) is 18.6 Å². The van der Waals surface area contributed by atoms with Crippen LogP contribution in [0.3, 0.4) is 0 Å². The van der Waals surface area contributed by atoms with Gasteiger partial charge in [0.15, 0.2) is 0 Å². The number of nitrogens with one attached hydrogen (secondary N) is 1. The highest BCUT2D eigenvalue weighted by Gasteiger charge is 2.35. The van der Waals surface area contributed by atoms with Crippen molar-refractivity contribution in [3.63, 3.8) is 0 Å². The Labute approximate surface area is 97.0 Å². The Balaban J connectivity index is 1.91. The van der Waals surface area contributed by atoms with E-state index in [0.29, 0.717) is 12.6 Å². The van der Waals surface area contributed by atoms with Crippen LogP contribution >= 0.6 is 0 Å². The summed E-state index contributed by atoms with van der Waals surface area (Å²) in [5, 5.41) is 12.3. The van der Waals surface area contributed by atoms with E-state index in [1.54, 1.807) is 0 Å². The minimum atomic E-state index is -0.00495. The van der Waals surface area contributed by atoms with Crippen molar-refractivity contribution in [2.75, 3.05) is 19.7 Å². The smallest absolute Gasteiger partial charge is 0.240 e. The molecule has 1 heterocycles. The van der Waals surface area contributed by atoms with E-state index in [1.807, 2.05) is 4.90 Å². The van der Waals surface area contributed by atoms with Crippen molar-refractivity contribution in [2.24, 2.45) is 0 Å². The summed E-state index contributed by atoms with van der Waals surface area (Å²) in [4.78, 5) is 14.2. The lowest BCUT2D eigenvalue weighted by molar-refractivity contribution is -0.134. The topological polar surface area (TPSA) is 52.6 Å². The molecule has 2 rings (SSSR count). The second kappa shape index (κ2) is 5.64. The summed E-state index contributed by atoms with van der Waals surface area (Å²) in [5.41, 5.74) is 0. The summed E-state index contributed by atoms with van der Waals surface area (Å²) in [6.07, 6.45) is 6.71. The number of hydrogen-bond acceptors (Lipinski definition) is 3. The van der Waals surface area contributed by atoms with E-state index in [0.717, 1.165) is 32.2 Å². The fraction of sp³-hybridized carbons (Fsp3) is 0.917. The van der Waals surface area contributed by atoms with Gasteiger partial charge < -0.3 is 15.3 Å². The Morgan fingerprint density at radius 1 is 1.25 bits per heavy atom. The molecular weight excluding hydrogens is 204 g/mol. The molecule has 2 fully saturated rings. The van der Waals surface area contributed by atoms with E-state index >= 15 is 0 Å². The zero-order chi connectivity index (χ0) is 11.4. The summed E-state index contributed by atoms with van der Waals surface area (Å²) >= 11 is 0. The number of carbonyl (C=O) groups is 1. The van der Waals surface area contributed by atoms with E-state index in [9.17, 15) is 4.79 Å². The van der Waals surface area contributed by atoms with E-state index < -0.39 is 0 Å². The molecule has 0 aromatic rings. The summed E-state index contributed by atoms with van der Waals surface area (Å²) in [5.74, 6) is 0.207. The molecular formula is C12H22N2O2. The highest BCUT2D eigenvalue weighted by molar-refractivity contribution is 5.82. The normalized spacial score (nSPS) is 26.2. The molecule has 0 spiro atoms. The summed E-state index contributed by atoms with van der Waals surface area (Å²) < 4.78 is 0. The first-order chi connectivity index (χ1) is 7.83. The largest absolute Gasteiger partial charge is 0.395 e. The fourth-order valence-corrected chi connectivity index (χ4v) is 2.41. The van der Waals surface area contributed by atoms with Crippen LogP contribution in [0, 0.1) is 0 Å². The molecule has 2 N–H and O–H groups in total. The van der Waals surface area contributed by atoms with Gasteiger partial charge in [-0.05, 0) is 32.2 Å². The molecule has 1 aliphatic heterocycles. The van der Waals surface area contributed by atoms with Crippen molar-refractivity contribution in [3.8, 4) is 0 Å². The van der Waals surface area contributed by atoms with Gasteiger partial charge in [0.1, 0.15) is 0 Å². The van der Waals surface area contributed by atoms with Gasteiger partial charge in [-0.25, -0.2) is 0 Å². The SMILES string of the molecule is O=C(C1CCCCCN1)N(CCO)C1CC1. The van der Waals surface area contributed by atoms with E-state index in [1.165, 1.54) is 12.8 Å². The van der Waals surface area contributed by atoms with Gasteiger partial charge in [0, 0.05) is 12.6 Å². The van der Waals surface area contributed by atoms with Crippen molar-refractivity contribution in [1.29, 1.82) is 0 Å². The molecule has 1 atom stereocenters. The Hall–Kier alpha value is -0.610. The summed E-state index contributed by atoms with van der Waals surface area (Å²) in [6.45, 7) is 1.53. The highest BCUT2D eigenvalue weighted by atomic mass is 16.3. The fourth-order valence-electron chi connectivity index (χ4n) is 2.41. The molecule has 1 saturated carbocycles. The van der Waals surface area contributed by atoms with Gasteiger partial charge in [-0.3, -0.25) is 4.79 Å². The number of aliphatic hydroxyl groups excluding tert-OH is 1. The summed E-state index contributed by atoms with van der Waals surface area (Å²) in [7, 11) is 0. The number of hydrogen-bond donors (Lipinski definition) is 2. The van der Waals surface area contributed by atoms with Crippen molar-refractivity contribution < 1.29 is 9.90 Å². The molecule has 16 heavy (non-hydrogen) atoms. The van der Waals surface area contributed by atoms with Crippen molar-refractivity contribution in [2.45, 2.75) is 50.6 Å². The van der Waals surface area contributed by atoms with Crippen LogP contribution in [0.15, 0.2) is 0 Å². The number of aliphatic hydroxyl groups is 1. The van der Waals surface area contributed by atoms with Crippen LogP contribution in [-0.2, 0) is 4.79 Å². The van der Waals surface area contributed by atoms with Gasteiger partial charge in [0.2, 0.25) is 5.91 Å². The van der Waals surface area contributed by atoms with Gasteiger partial charge in [-0.15, -0.1) is 0 Å². The molecule has 4 heteroatoms. The van der Waals surface area contributed by atoms with Crippen LogP contribution in [0.2, 0.25) is 0 Å². The Morgan fingerprint density at radius 2 is 2.06 bits per heavy atom. The lowest BCUT2D eigenvalue weighted by Crippen LogP contribution is -2.48. The Kier molecular flexibility index (Phi) is 4.18. The van der Waals surface area contributed by atoms with Crippen molar-refractivity contribution >= 4 is 5.91 Å². The minimum absolute atomic E-state index is 0.00495. The maximum absolute atomic E-state index is 12.3. The molecule has 1 amide bonds. The molecule has 1 unspecified atom stereocenters. The molecule has 92 valence electrons. The molecule has 1 saturated heterocycles. The predicted octanol–water partition coefficient (Wildman–Crippen LogP) is 0.502. The van der Waals surface area contributed by atoms with Gasteiger partial charge in [-0.1, -0.05) is 12.8 Å². The third-order valence-corrected chi connectivity index (χ3v) is 3.47. The predicted molar refractivity (Wildman–Crippen MR) is 62.1 cm³/mol. The quantitative estimate of drug-likeness (QED) is 0.734. The first-order valence-electron chi connectivity index (χ1n) is 6.47. The zero-order valence-corrected chi connectivity index (χ0v) is 9.82. The monoisotopic (exact) mass is 226 g/mol. The van der Waals surface area contributed by atoms with Crippen molar-refractivity contribution in [1.82, 2.24) is 10.2 Å². The third-order valence-electron chi connectivity index (χ3n) is 3.47. The van der Waals surface area contributed by atoms with E-state index in [2.05, 4.69) is 5.32 Å². The standard InChI is InChI=1S/C12H22N2O2/c15-9-8-14(10-5-6-10)12(16)11-4-2-1-3-7-13-11/h10-11,13,15H,1-9H2. The first kappa shape index (κ1) is 11.9. The third kappa shape index (κ3) is 2.95. The highest BCUT2D eigenvalue weighted by Crippen LogP contribution is 2.27. The molecule has 0 bridgehead atoms. The van der Waals surface area contributed by atoms with Crippen LogP contribution in [0.1, 0.15) is 38.5 Å². The van der Waals surface area contributed by atoms with Crippen LogP contribution in [0.25, 0.3) is 0 Å². The van der Waals surface area contributed by atoms with Gasteiger partial charge in [0.25, 0.3) is 0 Å². The van der Waals surface area contributed by atoms with Gasteiger partial charge in [0.05, 0.1) is 12.6 Å². The molecule has 0 radical (unpaired) electrons. The lowest BCUT2D eigenvalue weighted by Gasteiger charge is -2.26. The van der Waals surface area contributed by atoms with E-state index in [4.69, 9.17) is 5.11 Å². The molecule has 2 aliphatic rings. The second-order valence-electron chi connectivity index (χ2n) is 4.84. The number of amides is 1. The van der Waals surface area contributed by atoms with Crippen LogP contribution in [0.4, 0.5) is 0 Å². The number of nitrogens with zero attached hydrogens (tertiary/aromatic N) is 1. The average Bonchev–Trinajstić information content (AvgIpc) is 3.10. The second-order valence-corrected chi connectivity index (χ2v) is 4.84. The van der Waals surface area contributed by atoms with Crippen molar-refractivity contribution in [3.05, 3.63) is 0 Å². The average molecular weight is 226 g/mol. The van der Waals surface area contributed by atoms with Crippen LogP contribution < -0.4 is 5.32 Å². The Bertz CT molecular complexity index is 233. The first-order valence-corrected chi connectivity index (χ1v) is 6.47. The molecule has 1 aliphatic carbocycles. The van der Waals surface area contributed by atoms with Crippen LogP contribution in [-0.4, -0.2) is 47.7 Å². The van der Waals surface area contributed by atoms with Gasteiger partial charge >= 0.3 is 0 Å². The Morgan fingerprint density at radius 3 is 2.75 bits per heavy atom. The lowest BCUT2D eigenvalue weighted by atomic mass is 10.1. The van der Waals surface area contributed by atoms with Gasteiger partial charge in [-0.2, -0.15) is 0 Å². The number of carbonyl (C=O) groups excluding carboxylic acids is 1. The number of rotatable bonds is 4. The maximum Gasteiger partial charge on any atom is 0.240 e. The summed E-state index contributed by atoms with van der Waals surface area (Å²) in [6, 6.07) is 0.402. The van der Waals surface area contributed by atoms with Crippen LogP contribution in [0.5, 0.6) is 0 Å². The zero-order valence-electron chi connectivity index (χ0n) is 9.82. The molecule has 0 aromatic carbocycles. The maximum atomic E-state index is 12.3. The molecule has 0 aromatic heterocycles. The molecule has 4 nitrogen and oxygen atoms in total.